The number of benzene rings is 1. The summed E-state index contributed by atoms with van der Waals surface area (Å²) in [6, 6.07) is 9.40. The number of aliphatic hydroxyl groups excluding tert-OH is 1. The highest BCUT2D eigenvalue weighted by atomic mass is 16.5. The lowest BCUT2D eigenvalue weighted by atomic mass is 10.1. The standard InChI is InChI=1S/C27H31N5O4/c1-18-15-31(10-12-35-18)26-23-8-7-22(6-4-20-5-9-24(34-3)21(14-20)17-33)28-25(23)29-27(30-26)32-11-13-36-19(2)16-32/h5,7-9,14,18-19,33H,10-13,15-17H2,1-3H3/t18-,19-/m0/s1. The van der Waals surface area contributed by atoms with E-state index < -0.39 is 0 Å². The van der Waals surface area contributed by atoms with E-state index in [1.54, 1.807) is 7.11 Å². The average molecular weight is 490 g/mol. The van der Waals surface area contributed by atoms with E-state index in [-0.39, 0.29) is 18.8 Å². The highest BCUT2D eigenvalue weighted by Crippen LogP contribution is 2.28. The number of aliphatic hydroxyl groups is 1. The van der Waals surface area contributed by atoms with E-state index in [2.05, 4.69) is 35.5 Å². The number of aromatic nitrogens is 3. The van der Waals surface area contributed by atoms with E-state index in [9.17, 15) is 5.11 Å². The van der Waals surface area contributed by atoms with Gasteiger partial charge in [-0.25, -0.2) is 4.98 Å². The molecule has 2 fully saturated rings. The molecule has 0 spiro atoms. The Balaban J connectivity index is 1.53. The lowest BCUT2D eigenvalue weighted by molar-refractivity contribution is 0.0522. The second-order valence-corrected chi connectivity index (χ2v) is 9.10. The van der Waals surface area contributed by atoms with Gasteiger partial charge in [0.2, 0.25) is 5.95 Å². The third-order valence-corrected chi connectivity index (χ3v) is 6.38. The monoisotopic (exact) mass is 489 g/mol. The van der Waals surface area contributed by atoms with E-state index in [0.29, 0.717) is 41.8 Å². The first-order valence-corrected chi connectivity index (χ1v) is 12.3. The number of methoxy groups -OCH3 is 1. The van der Waals surface area contributed by atoms with Crippen molar-refractivity contribution in [2.24, 2.45) is 0 Å². The highest BCUT2D eigenvalue weighted by molar-refractivity contribution is 5.88. The van der Waals surface area contributed by atoms with Gasteiger partial charge in [-0.2, -0.15) is 9.97 Å². The maximum Gasteiger partial charge on any atom is 0.229 e. The molecule has 9 heteroatoms. The number of pyridine rings is 1. The molecule has 2 atom stereocenters. The Labute approximate surface area is 211 Å². The average Bonchev–Trinajstić information content (AvgIpc) is 2.90. The minimum absolute atomic E-state index is 0.114. The van der Waals surface area contributed by atoms with Gasteiger partial charge in [-0.15, -0.1) is 0 Å². The summed E-state index contributed by atoms with van der Waals surface area (Å²) in [5, 5.41) is 10.5. The van der Waals surface area contributed by atoms with Crippen molar-refractivity contribution in [2.45, 2.75) is 32.7 Å². The summed E-state index contributed by atoms with van der Waals surface area (Å²) >= 11 is 0. The molecule has 1 aromatic carbocycles. The van der Waals surface area contributed by atoms with Crippen LogP contribution < -0.4 is 14.5 Å². The zero-order valence-corrected chi connectivity index (χ0v) is 20.9. The fourth-order valence-corrected chi connectivity index (χ4v) is 4.56. The molecule has 5 rings (SSSR count). The fraction of sp³-hybridized carbons (Fsp3) is 0.444. The van der Waals surface area contributed by atoms with Crippen LogP contribution in [-0.4, -0.2) is 78.8 Å². The quantitative estimate of drug-likeness (QED) is 0.555. The molecule has 2 aliphatic heterocycles. The number of hydrogen-bond donors (Lipinski definition) is 1. The first-order valence-electron chi connectivity index (χ1n) is 12.3. The molecule has 36 heavy (non-hydrogen) atoms. The van der Waals surface area contributed by atoms with Crippen molar-refractivity contribution in [1.82, 2.24) is 15.0 Å². The smallest absolute Gasteiger partial charge is 0.229 e. The van der Waals surface area contributed by atoms with Crippen molar-refractivity contribution in [2.75, 3.05) is 56.3 Å². The molecule has 0 saturated carbocycles. The SMILES string of the molecule is COc1ccc(C#Cc2ccc3c(N4CCO[C@@H](C)C4)nc(N4CCO[C@@H](C)C4)nc3n2)cc1CO. The van der Waals surface area contributed by atoms with Crippen molar-refractivity contribution in [3.05, 3.63) is 47.2 Å². The Morgan fingerprint density at radius 3 is 2.44 bits per heavy atom. The minimum Gasteiger partial charge on any atom is -0.496 e. The molecule has 9 nitrogen and oxygen atoms in total. The largest absolute Gasteiger partial charge is 0.496 e. The Kier molecular flexibility index (Phi) is 7.18. The number of fused-ring (bicyclic) bond motifs is 1. The van der Waals surface area contributed by atoms with Crippen molar-refractivity contribution in [3.8, 4) is 17.6 Å². The van der Waals surface area contributed by atoms with Crippen LogP contribution in [0, 0.1) is 11.8 Å². The molecule has 2 saturated heterocycles. The lowest BCUT2D eigenvalue weighted by Gasteiger charge is -2.34. The van der Waals surface area contributed by atoms with Crippen LogP contribution in [0.3, 0.4) is 0 Å². The lowest BCUT2D eigenvalue weighted by Crippen LogP contribution is -2.43. The molecule has 2 aliphatic rings. The van der Waals surface area contributed by atoms with Gasteiger partial charge in [0.05, 0.1) is 44.5 Å². The summed E-state index contributed by atoms with van der Waals surface area (Å²) in [5.41, 5.74) is 2.70. The van der Waals surface area contributed by atoms with Gasteiger partial charge in [0, 0.05) is 37.3 Å². The molecule has 188 valence electrons. The summed E-state index contributed by atoms with van der Waals surface area (Å²) in [6.45, 7) is 8.31. The molecule has 0 aliphatic carbocycles. The Bertz CT molecular complexity index is 1300. The van der Waals surface area contributed by atoms with Gasteiger partial charge in [-0.05, 0) is 50.1 Å². The molecule has 3 aromatic rings. The van der Waals surface area contributed by atoms with Gasteiger partial charge in [0.1, 0.15) is 17.3 Å². The first kappa shape index (κ1) is 24.3. The van der Waals surface area contributed by atoms with E-state index in [0.717, 1.165) is 42.9 Å². The zero-order chi connectivity index (χ0) is 25.1. The van der Waals surface area contributed by atoms with Crippen molar-refractivity contribution < 1.29 is 19.3 Å². The van der Waals surface area contributed by atoms with Gasteiger partial charge in [-0.1, -0.05) is 5.92 Å². The van der Waals surface area contributed by atoms with Gasteiger partial charge in [0.15, 0.2) is 5.65 Å². The maximum absolute atomic E-state index is 9.60. The predicted octanol–water partition coefficient (Wildman–Crippen LogP) is 2.38. The van der Waals surface area contributed by atoms with Crippen LogP contribution in [0.1, 0.15) is 30.7 Å². The molecule has 4 heterocycles. The molecule has 0 radical (unpaired) electrons. The number of nitrogens with zero attached hydrogens (tertiary/aromatic N) is 5. The van der Waals surface area contributed by atoms with Gasteiger partial charge in [-0.3, -0.25) is 0 Å². The van der Waals surface area contributed by atoms with Crippen LogP contribution >= 0.6 is 0 Å². The molecule has 0 amide bonds. The second kappa shape index (κ2) is 10.7. The summed E-state index contributed by atoms with van der Waals surface area (Å²) < 4.78 is 16.8. The fourth-order valence-electron chi connectivity index (χ4n) is 4.56. The number of ether oxygens (including phenoxy) is 3. The minimum atomic E-state index is -0.115. The molecule has 2 aromatic heterocycles. The predicted molar refractivity (Wildman–Crippen MR) is 137 cm³/mol. The topological polar surface area (TPSA) is 93.1 Å². The third-order valence-electron chi connectivity index (χ3n) is 6.38. The molecular formula is C27H31N5O4. The third kappa shape index (κ3) is 5.21. The summed E-state index contributed by atoms with van der Waals surface area (Å²) in [6.07, 6.45) is 0.241. The van der Waals surface area contributed by atoms with Crippen LogP contribution in [0.5, 0.6) is 5.75 Å². The van der Waals surface area contributed by atoms with Gasteiger partial charge >= 0.3 is 0 Å². The van der Waals surface area contributed by atoms with Crippen LogP contribution in [0.2, 0.25) is 0 Å². The summed E-state index contributed by atoms with van der Waals surface area (Å²) in [7, 11) is 1.58. The Morgan fingerprint density at radius 1 is 0.972 bits per heavy atom. The van der Waals surface area contributed by atoms with Crippen LogP contribution in [0.25, 0.3) is 11.0 Å². The van der Waals surface area contributed by atoms with Crippen molar-refractivity contribution in [3.63, 3.8) is 0 Å². The second-order valence-electron chi connectivity index (χ2n) is 9.10. The zero-order valence-electron chi connectivity index (χ0n) is 20.9. The Morgan fingerprint density at radius 2 is 1.72 bits per heavy atom. The number of morpholine rings is 2. The summed E-state index contributed by atoms with van der Waals surface area (Å²) in [4.78, 5) is 19.1. The number of rotatable bonds is 4. The molecule has 1 N–H and O–H groups in total. The van der Waals surface area contributed by atoms with E-state index in [1.165, 1.54) is 0 Å². The van der Waals surface area contributed by atoms with E-state index in [1.807, 2.05) is 30.3 Å². The highest BCUT2D eigenvalue weighted by Gasteiger charge is 2.25. The van der Waals surface area contributed by atoms with E-state index >= 15 is 0 Å². The Hall–Kier alpha value is -3.45. The van der Waals surface area contributed by atoms with Crippen LogP contribution in [0.15, 0.2) is 30.3 Å². The number of hydrogen-bond acceptors (Lipinski definition) is 9. The summed E-state index contributed by atoms with van der Waals surface area (Å²) in [5.74, 6) is 8.46. The van der Waals surface area contributed by atoms with Crippen molar-refractivity contribution >= 4 is 22.8 Å². The molecule has 0 unspecified atom stereocenters. The number of anilines is 2. The van der Waals surface area contributed by atoms with Gasteiger partial charge in [0.25, 0.3) is 0 Å². The van der Waals surface area contributed by atoms with Crippen molar-refractivity contribution in [1.29, 1.82) is 0 Å². The normalized spacial score (nSPS) is 20.2. The van der Waals surface area contributed by atoms with E-state index in [4.69, 9.17) is 29.2 Å². The van der Waals surface area contributed by atoms with Gasteiger partial charge < -0.3 is 29.1 Å². The maximum atomic E-state index is 9.60. The first-order chi connectivity index (χ1) is 17.5. The van der Waals surface area contributed by atoms with Crippen LogP contribution in [0.4, 0.5) is 11.8 Å². The molecule has 0 bridgehead atoms. The van der Waals surface area contributed by atoms with Crippen LogP contribution in [-0.2, 0) is 16.1 Å². The molecular weight excluding hydrogens is 458 g/mol.